The average molecular weight is 246 g/mol. The van der Waals surface area contributed by atoms with Gasteiger partial charge in [0.25, 0.3) is 0 Å². The van der Waals surface area contributed by atoms with Crippen LogP contribution in [-0.4, -0.2) is 0 Å². The van der Waals surface area contributed by atoms with Crippen LogP contribution in [0.5, 0.6) is 0 Å². The van der Waals surface area contributed by atoms with Gasteiger partial charge in [0, 0.05) is 0 Å². The van der Waals surface area contributed by atoms with Gasteiger partial charge in [0.1, 0.15) is 0 Å². The molecule has 18 heavy (non-hydrogen) atoms. The molecule has 0 radical (unpaired) electrons. The molecule has 0 heterocycles. The van der Waals surface area contributed by atoms with Gasteiger partial charge in [-0.1, -0.05) is 87.8 Å². The summed E-state index contributed by atoms with van der Waals surface area (Å²) >= 11 is 0. The zero-order chi connectivity index (χ0) is 12.7. The Bertz CT molecular complexity index is 219. The molecule has 0 N–H and O–H groups in total. The Balaban J connectivity index is 2.20. The van der Waals surface area contributed by atoms with Gasteiger partial charge >= 0.3 is 0 Å². The highest BCUT2D eigenvalue weighted by Gasteiger charge is 1.92. The third kappa shape index (κ3) is 10.4. The summed E-state index contributed by atoms with van der Waals surface area (Å²) in [5.74, 6) is 0. The van der Waals surface area contributed by atoms with E-state index >= 15 is 0 Å². The molecule has 0 aromatic rings. The summed E-state index contributed by atoms with van der Waals surface area (Å²) in [5, 5.41) is 0. The van der Waals surface area contributed by atoms with E-state index in [9.17, 15) is 0 Å². The lowest BCUT2D eigenvalue weighted by Crippen LogP contribution is -1.82. The van der Waals surface area contributed by atoms with Crippen LogP contribution in [0.15, 0.2) is 36.5 Å². The summed E-state index contributed by atoms with van der Waals surface area (Å²) in [6.45, 7) is 0. The van der Waals surface area contributed by atoms with Crippen LogP contribution in [0, 0.1) is 0 Å². The van der Waals surface area contributed by atoms with E-state index in [1.54, 1.807) is 0 Å². The Morgan fingerprint density at radius 3 is 1.06 bits per heavy atom. The molecule has 0 aromatic heterocycles. The van der Waals surface area contributed by atoms with Crippen LogP contribution in [0.3, 0.4) is 0 Å². The smallest absolute Gasteiger partial charge is 0.0348 e. The molecule has 0 saturated carbocycles. The van der Waals surface area contributed by atoms with Gasteiger partial charge in [-0.3, -0.25) is 0 Å². The lowest BCUT2D eigenvalue weighted by molar-refractivity contribution is 0.553. The Labute approximate surface area is 114 Å². The molecule has 0 fully saturated rings. The van der Waals surface area contributed by atoms with Crippen molar-refractivity contribution in [1.29, 1.82) is 0 Å². The monoisotopic (exact) mass is 246 g/mol. The predicted octanol–water partition coefficient (Wildman–Crippen LogP) is 6.35. The van der Waals surface area contributed by atoms with Crippen molar-refractivity contribution in [2.24, 2.45) is 0 Å². The average Bonchev–Trinajstić information content (AvgIpc) is 2.39. The highest BCUT2D eigenvalue weighted by Crippen LogP contribution is 2.12. The van der Waals surface area contributed by atoms with Crippen LogP contribution < -0.4 is 0 Å². The highest BCUT2D eigenvalue weighted by atomic mass is 14.0. The normalized spacial score (nSPS) is 26.7. The van der Waals surface area contributed by atoms with Crippen molar-refractivity contribution >= 4 is 0 Å². The van der Waals surface area contributed by atoms with Gasteiger partial charge in [-0.25, -0.2) is 0 Å². The first kappa shape index (κ1) is 15.3. The van der Waals surface area contributed by atoms with Crippen LogP contribution in [0.2, 0.25) is 0 Å². The molecule has 0 aliphatic heterocycles. The molecule has 1 aliphatic carbocycles. The Morgan fingerprint density at radius 2 is 0.667 bits per heavy atom. The lowest BCUT2D eigenvalue weighted by atomic mass is 10.0. The SMILES string of the molecule is C1=C\CCCCCCCCCCCC/C=C/C=C/1. The first-order chi connectivity index (χ1) is 9.00. The second kappa shape index (κ2) is 12.7. The molecule has 0 unspecified atom stereocenters. The molecule has 0 aromatic carbocycles. The first-order valence-electron chi connectivity index (χ1n) is 7.98. The van der Waals surface area contributed by atoms with Crippen molar-refractivity contribution in [3.05, 3.63) is 36.5 Å². The summed E-state index contributed by atoms with van der Waals surface area (Å²) in [4.78, 5) is 0. The van der Waals surface area contributed by atoms with Gasteiger partial charge < -0.3 is 0 Å². The van der Waals surface area contributed by atoms with Crippen molar-refractivity contribution in [3.8, 4) is 0 Å². The minimum atomic E-state index is 1.24. The third-order valence-corrected chi connectivity index (χ3v) is 3.60. The van der Waals surface area contributed by atoms with E-state index in [2.05, 4.69) is 36.5 Å². The summed E-state index contributed by atoms with van der Waals surface area (Å²) in [5.41, 5.74) is 0. The van der Waals surface area contributed by atoms with E-state index in [1.165, 1.54) is 77.0 Å². The van der Waals surface area contributed by atoms with Crippen LogP contribution in [0.25, 0.3) is 0 Å². The zero-order valence-electron chi connectivity index (χ0n) is 11.9. The fourth-order valence-corrected chi connectivity index (χ4v) is 2.42. The number of hydrogen-bond donors (Lipinski definition) is 0. The van der Waals surface area contributed by atoms with E-state index in [0.29, 0.717) is 0 Å². The number of allylic oxidation sites excluding steroid dienone is 6. The van der Waals surface area contributed by atoms with E-state index in [0.717, 1.165) is 0 Å². The van der Waals surface area contributed by atoms with Crippen molar-refractivity contribution in [2.75, 3.05) is 0 Å². The summed E-state index contributed by atoms with van der Waals surface area (Å²) in [7, 11) is 0. The fraction of sp³-hybridized carbons (Fsp3) is 0.667. The molecule has 0 amide bonds. The van der Waals surface area contributed by atoms with E-state index in [4.69, 9.17) is 0 Å². The first-order valence-corrected chi connectivity index (χ1v) is 7.98. The largest absolute Gasteiger partial charge is 0.0845 e. The minimum Gasteiger partial charge on any atom is -0.0845 e. The molecule has 1 aliphatic rings. The lowest BCUT2D eigenvalue weighted by Gasteiger charge is -2.02. The van der Waals surface area contributed by atoms with Gasteiger partial charge in [-0.05, 0) is 25.7 Å². The van der Waals surface area contributed by atoms with Gasteiger partial charge in [0.2, 0.25) is 0 Å². The second-order valence-corrected chi connectivity index (χ2v) is 5.35. The molecular weight excluding hydrogens is 216 g/mol. The molecule has 0 atom stereocenters. The van der Waals surface area contributed by atoms with E-state index in [1.807, 2.05) is 0 Å². The van der Waals surface area contributed by atoms with Crippen molar-refractivity contribution < 1.29 is 0 Å². The maximum Gasteiger partial charge on any atom is -0.0348 e. The summed E-state index contributed by atoms with van der Waals surface area (Å²) in [6, 6.07) is 0. The molecule has 0 nitrogen and oxygen atoms in total. The third-order valence-electron chi connectivity index (χ3n) is 3.60. The van der Waals surface area contributed by atoms with Crippen LogP contribution in [0.1, 0.15) is 77.0 Å². The summed E-state index contributed by atoms with van der Waals surface area (Å²) in [6.07, 6.45) is 30.0. The molecule has 1 rings (SSSR count). The van der Waals surface area contributed by atoms with Gasteiger partial charge in [-0.15, -0.1) is 0 Å². The van der Waals surface area contributed by atoms with Crippen molar-refractivity contribution in [3.63, 3.8) is 0 Å². The number of hydrogen-bond acceptors (Lipinski definition) is 0. The molecule has 0 bridgehead atoms. The Morgan fingerprint density at radius 1 is 0.333 bits per heavy atom. The van der Waals surface area contributed by atoms with Gasteiger partial charge in [0.05, 0.1) is 0 Å². The van der Waals surface area contributed by atoms with E-state index in [-0.39, 0.29) is 0 Å². The van der Waals surface area contributed by atoms with Crippen LogP contribution in [0.4, 0.5) is 0 Å². The zero-order valence-corrected chi connectivity index (χ0v) is 11.9. The van der Waals surface area contributed by atoms with Crippen LogP contribution >= 0.6 is 0 Å². The molecule has 0 heteroatoms. The Hall–Kier alpha value is -0.780. The standard InChI is InChI=1S/C18H30/c1-2-4-6-8-10-12-14-16-18-17-15-13-11-9-7-5-3-1/h1-6H,7-18H2/b2-1+,5-3-,6-4+. The maximum atomic E-state index is 2.30. The molecule has 102 valence electrons. The molecule has 0 spiro atoms. The van der Waals surface area contributed by atoms with E-state index < -0.39 is 0 Å². The van der Waals surface area contributed by atoms with Gasteiger partial charge in [0.15, 0.2) is 0 Å². The summed E-state index contributed by atoms with van der Waals surface area (Å²) < 4.78 is 0. The maximum absolute atomic E-state index is 2.30. The molecule has 0 saturated heterocycles. The van der Waals surface area contributed by atoms with Crippen molar-refractivity contribution in [2.45, 2.75) is 77.0 Å². The quantitative estimate of drug-likeness (QED) is 0.467. The highest BCUT2D eigenvalue weighted by molar-refractivity contribution is 5.10. The van der Waals surface area contributed by atoms with Crippen LogP contribution in [-0.2, 0) is 0 Å². The van der Waals surface area contributed by atoms with Gasteiger partial charge in [-0.2, -0.15) is 0 Å². The molecular formula is C18H30. The Kier molecular flexibility index (Phi) is 10.8. The second-order valence-electron chi connectivity index (χ2n) is 5.35. The minimum absolute atomic E-state index is 1.24. The number of rotatable bonds is 0. The predicted molar refractivity (Wildman–Crippen MR) is 82.8 cm³/mol. The fourth-order valence-electron chi connectivity index (χ4n) is 2.42. The topological polar surface area (TPSA) is 0 Å². The van der Waals surface area contributed by atoms with Crippen molar-refractivity contribution in [1.82, 2.24) is 0 Å².